The van der Waals surface area contributed by atoms with Gasteiger partial charge in [0.15, 0.2) is 0 Å². The van der Waals surface area contributed by atoms with Crippen LogP contribution in [-0.4, -0.2) is 11.5 Å². The van der Waals surface area contributed by atoms with E-state index in [-0.39, 0.29) is 6.61 Å². The van der Waals surface area contributed by atoms with Crippen molar-refractivity contribution >= 4 is 12.9 Å². The maximum atomic E-state index is 12.0. The molecule has 0 aliphatic rings. The number of hydrogen-bond donors (Lipinski definition) is 1. The highest BCUT2D eigenvalue weighted by Crippen LogP contribution is 2.42. The van der Waals surface area contributed by atoms with E-state index in [1.165, 1.54) is 0 Å². The molecule has 1 atom stereocenters. The normalized spacial score (nSPS) is 14.8. The lowest BCUT2D eigenvalue weighted by molar-refractivity contribution is 0.284. The van der Waals surface area contributed by atoms with Crippen molar-refractivity contribution in [2.75, 3.05) is 6.61 Å². The van der Waals surface area contributed by atoms with E-state index in [2.05, 4.69) is 0 Å². The first-order valence-electron chi connectivity index (χ1n) is 5.65. The van der Waals surface area contributed by atoms with Gasteiger partial charge >= 0.3 is 7.60 Å². The zero-order chi connectivity index (χ0) is 12.2. The summed E-state index contributed by atoms with van der Waals surface area (Å²) in [6.07, 6.45) is 1.61. The highest BCUT2D eigenvalue weighted by Gasteiger charge is 2.25. The smallest absolute Gasteiger partial charge is 0.321 e. The molecule has 1 aromatic rings. The molecule has 0 radical (unpaired) electrons. The zero-order valence-corrected chi connectivity index (χ0v) is 11.0. The Labute approximate surface area is 97.0 Å². The minimum atomic E-state index is -3.64. The molecule has 1 unspecified atom stereocenters. The molecule has 0 bridgehead atoms. The van der Waals surface area contributed by atoms with Gasteiger partial charge in [0.1, 0.15) is 0 Å². The predicted octanol–water partition coefficient (Wildman–Crippen LogP) is 2.66. The van der Waals surface area contributed by atoms with Crippen LogP contribution in [0.25, 0.3) is 0 Å². The Balaban J connectivity index is 3.27. The van der Waals surface area contributed by atoms with Gasteiger partial charge in [-0.2, -0.15) is 0 Å². The molecule has 1 N–H and O–H groups in total. The van der Waals surface area contributed by atoms with Crippen LogP contribution < -0.4 is 5.30 Å². The van der Waals surface area contributed by atoms with Gasteiger partial charge in [-0.15, -0.1) is 0 Å². The lowest BCUT2D eigenvalue weighted by Crippen LogP contribution is -2.15. The van der Waals surface area contributed by atoms with E-state index in [9.17, 15) is 9.46 Å². The molecule has 1 aromatic carbocycles. The first-order valence-corrected chi connectivity index (χ1v) is 7.23. The summed E-state index contributed by atoms with van der Waals surface area (Å²) in [6, 6.07) is 5.50. The molecule has 0 heterocycles. The molecule has 0 spiro atoms. The summed E-state index contributed by atoms with van der Waals surface area (Å²) >= 11 is 0. The van der Waals surface area contributed by atoms with E-state index in [0.29, 0.717) is 5.30 Å². The Hall–Kier alpha value is -0.630. The van der Waals surface area contributed by atoms with Gasteiger partial charge in [-0.1, -0.05) is 26.0 Å². The number of aryl methyl sites for hydroxylation is 1. The SMILES string of the molecule is CCOP(=O)(O)c1cccc(CC)c1CC. The van der Waals surface area contributed by atoms with E-state index >= 15 is 0 Å². The lowest BCUT2D eigenvalue weighted by Gasteiger charge is -2.16. The second-order valence-corrected chi connectivity index (χ2v) is 5.34. The fourth-order valence-corrected chi connectivity index (χ4v) is 3.28. The Morgan fingerprint density at radius 1 is 1.25 bits per heavy atom. The standard InChI is InChI=1S/C12H19O3P/c1-4-10-8-7-9-12(11(10)5-2)16(13,14)15-6-3/h7-9H,4-6H2,1-3H3,(H,13,14). The van der Waals surface area contributed by atoms with Gasteiger partial charge in [-0.3, -0.25) is 4.57 Å². The maximum Gasteiger partial charge on any atom is 0.359 e. The largest absolute Gasteiger partial charge is 0.359 e. The molecular formula is C12H19O3P. The second kappa shape index (κ2) is 5.62. The third kappa shape index (κ3) is 2.73. The quantitative estimate of drug-likeness (QED) is 0.807. The highest BCUT2D eigenvalue weighted by atomic mass is 31.2. The van der Waals surface area contributed by atoms with Crippen molar-refractivity contribution < 1.29 is 14.0 Å². The van der Waals surface area contributed by atoms with E-state index in [4.69, 9.17) is 4.52 Å². The average molecular weight is 242 g/mol. The molecule has 0 saturated heterocycles. The molecule has 16 heavy (non-hydrogen) atoms. The fourth-order valence-electron chi connectivity index (χ4n) is 1.87. The van der Waals surface area contributed by atoms with Gasteiger partial charge in [-0.05, 0) is 37.0 Å². The summed E-state index contributed by atoms with van der Waals surface area (Å²) in [7, 11) is -3.64. The Morgan fingerprint density at radius 2 is 1.94 bits per heavy atom. The van der Waals surface area contributed by atoms with Gasteiger partial charge in [0.2, 0.25) is 0 Å². The summed E-state index contributed by atoms with van der Waals surface area (Å²) in [5.41, 5.74) is 2.07. The van der Waals surface area contributed by atoms with Gasteiger partial charge in [-0.25, -0.2) is 0 Å². The molecule has 0 aliphatic heterocycles. The van der Waals surface area contributed by atoms with Crippen LogP contribution in [0.15, 0.2) is 18.2 Å². The summed E-state index contributed by atoms with van der Waals surface area (Å²) < 4.78 is 17.0. The summed E-state index contributed by atoms with van der Waals surface area (Å²) in [6.45, 7) is 6.00. The van der Waals surface area contributed by atoms with E-state index in [0.717, 1.165) is 24.0 Å². The fraction of sp³-hybridized carbons (Fsp3) is 0.500. The molecule has 0 amide bonds. The van der Waals surface area contributed by atoms with Crippen LogP contribution in [0, 0.1) is 0 Å². The topological polar surface area (TPSA) is 46.5 Å². The van der Waals surface area contributed by atoms with Crippen LogP contribution in [0.5, 0.6) is 0 Å². The highest BCUT2D eigenvalue weighted by molar-refractivity contribution is 7.61. The Kier molecular flexibility index (Phi) is 4.72. The summed E-state index contributed by atoms with van der Waals surface area (Å²) in [4.78, 5) is 9.85. The first kappa shape index (κ1) is 13.4. The molecule has 90 valence electrons. The van der Waals surface area contributed by atoms with Crippen LogP contribution >= 0.6 is 7.60 Å². The molecule has 0 aliphatic carbocycles. The number of benzene rings is 1. The van der Waals surface area contributed by atoms with Gasteiger partial charge < -0.3 is 9.42 Å². The van der Waals surface area contributed by atoms with Crippen LogP contribution in [0.3, 0.4) is 0 Å². The van der Waals surface area contributed by atoms with E-state index in [1.807, 2.05) is 26.0 Å². The van der Waals surface area contributed by atoms with Crippen molar-refractivity contribution in [1.82, 2.24) is 0 Å². The van der Waals surface area contributed by atoms with Crippen LogP contribution in [0.4, 0.5) is 0 Å². The Morgan fingerprint density at radius 3 is 2.44 bits per heavy atom. The zero-order valence-electron chi connectivity index (χ0n) is 10.1. The molecule has 0 fully saturated rings. The van der Waals surface area contributed by atoms with Crippen molar-refractivity contribution in [2.45, 2.75) is 33.6 Å². The van der Waals surface area contributed by atoms with Crippen LogP contribution in [-0.2, 0) is 21.9 Å². The van der Waals surface area contributed by atoms with Crippen molar-refractivity contribution in [3.05, 3.63) is 29.3 Å². The molecule has 0 aromatic heterocycles. The Bertz CT molecular complexity index is 401. The molecule has 3 nitrogen and oxygen atoms in total. The summed E-state index contributed by atoms with van der Waals surface area (Å²) in [5, 5.41) is 0.455. The average Bonchev–Trinajstić information content (AvgIpc) is 2.27. The number of rotatable bonds is 5. The maximum absolute atomic E-state index is 12.0. The van der Waals surface area contributed by atoms with Gasteiger partial charge in [0, 0.05) is 0 Å². The van der Waals surface area contributed by atoms with Gasteiger partial charge in [0.25, 0.3) is 0 Å². The van der Waals surface area contributed by atoms with Crippen molar-refractivity contribution in [3.8, 4) is 0 Å². The third-order valence-electron chi connectivity index (χ3n) is 2.59. The molecular weight excluding hydrogens is 223 g/mol. The second-order valence-electron chi connectivity index (χ2n) is 3.56. The number of hydrogen-bond acceptors (Lipinski definition) is 2. The first-order chi connectivity index (χ1) is 7.56. The van der Waals surface area contributed by atoms with E-state index in [1.54, 1.807) is 13.0 Å². The molecule has 0 saturated carbocycles. The third-order valence-corrected chi connectivity index (χ3v) is 4.23. The monoisotopic (exact) mass is 242 g/mol. The van der Waals surface area contributed by atoms with Crippen molar-refractivity contribution in [3.63, 3.8) is 0 Å². The minimum Gasteiger partial charge on any atom is -0.321 e. The predicted molar refractivity (Wildman–Crippen MR) is 66.3 cm³/mol. The minimum absolute atomic E-state index is 0.243. The van der Waals surface area contributed by atoms with E-state index < -0.39 is 7.60 Å². The molecule has 4 heteroatoms. The van der Waals surface area contributed by atoms with Crippen molar-refractivity contribution in [1.29, 1.82) is 0 Å². The summed E-state index contributed by atoms with van der Waals surface area (Å²) in [5.74, 6) is 0. The lowest BCUT2D eigenvalue weighted by atomic mass is 10.0. The molecule has 1 rings (SSSR count). The van der Waals surface area contributed by atoms with Crippen molar-refractivity contribution in [2.24, 2.45) is 0 Å². The van der Waals surface area contributed by atoms with Crippen LogP contribution in [0.2, 0.25) is 0 Å². The van der Waals surface area contributed by atoms with Crippen LogP contribution in [0.1, 0.15) is 31.9 Å². The van der Waals surface area contributed by atoms with Gasteiger partial charge in [0.05, 0.1) is 11.9 Å².